The summed E-state index contributed by atoms with van der Waals surface area (Å²) in [6.45, 7) is 3.60. The normalized spacial score (nSPS) is 16.7. The van der Waals surface area contributed by atoms with E-state index in [0.717, 1.165) is 78.0 Å². The van der Waals surface area contributed by atoms with Crippen LogP contribution in [-0.2, 0) is 10.3 Å². The third-order valence-corrected chi connectivity index (χ3v) is 9.23. The molecule has 1 aliphatic carbocycles. The molecule has 0 spiro atoms. The number of pyridine rings is 2. The molecule has 2 fully saturated rings. The van der Waals surface area contributed by atoms with Gasteiger partial charge in [-0.3, -0.25) is 4.57 Å². The number of nitrogen functional groups attached to an aromatic ring is 1. The van der Waals surface area contributed by atoms with Gasteiger partial charge in [-0.25, -0.2) is 15.0 Å². The maximum absolute atomic E-state index is 11.6. The van der Waals surface area contributed by atoms with Gasteiger partial charge in [-0.1, -0.05) is 24.3 Å². The monoisotopic (exact) mass is 571 g/mol. The maximum Gasteiger partial charge on any atom is 0.165 e. The molecule has 218 valence electrons. The van der Waals surface area contributed by atoms with Gasteiger partial charge in [0.1, 0.15) is 17.1 Å². The molecule has 8 nitrogen and oxygen atoms in total. The van der Waals surface area contributed by atoms with Gasteiger partial charge in [0.15, 0.2) is 11.5 Å². The number of carbonyl (C=O) groups excluding carboxylic acids is 1. The van der Waals surface area contributed by atoms with Crippen molar-refractivity contribution in [2.24, 2.45) is 11.7 Å². The van der Waals surface area contributed by atoms with Crippen molar-refractivity contribution in [2.45, 2.75) is 51.0 Å². The molecular formula is C35H37N7O. The fourth-order valence-corrected chi connectivity index (χ4v) is 6.60. The maximum atomic E-state index is 11.6. The van der Waals surface area contributed by atoms with Gasteiger partial charge in [-0.2, -0.15) is 0 Å². The van der Waals surface area contributed by atoms with E-state index >= 15 is 0 Å². The zero-order valence-corrected chi connectivity index (χ0v) is 24.5. The Balaban J connectivity index is 1.27. The SMILES string of the molecule is CC(=O)CC1CCN(c2cccc(-c3ccc4nc(-c5cccnc5N)n(-c5ccc(C6(N)CCC6)cc5)c4n3)c2)CC1. The van der Waals surface area contributed by atoms with Crippen LogP contribution in [0.25, 0.3) is 39.5 Å². The number of imidazole rings is 1. The standard InChI is InChI=1S/C35H37N7O/c1-23(43)21-24-14-19-41(20-15-24)28-6-2-5-25(22-28)30-12-13-31-34(39-30)42(33(40-31)29-7-3-18-38-32(29)36)27-10-8-26(9-11-27)35(37)16-4-17-35/h2-3,5-13,18,22,24H,4,14-17,19-21,37H2,1H3,(H2,36,38). The smallest absolute Gasteiger partial charge is 0.165 e. The average Bonchev–Trinajstić information content (AvgIpc) is 3.39. The molecule has 3 aromatic heterocycles. The van der Waals surface area contributed by atoms with Crippen LogP contribution in [-0.4, -0.2) is 38.4 Å². The van der Waals surface area contributed by atoms with E-state index in [0.29, 0.717) is 24.0 Å². The van der Waals surface area contributed by atoms with Crippen LogP contribution in [0, 0.1) is 5.92 Å². The predicted molar refractivity (Wildman–Crippen MR) is 172 cm³/mol. The molecule has 0 bridgehead atoms. The first-order valence-corrected chi connectivity index (χ1v) is 15.2. The summed E-state index contributed by atoms with van der Waals surface area (Å²) in [6.07, 6.45) is 7.65. The van der Waals surface area contributed by atoms with E-state index in [1.807, 2.05) is 24.3 Å². The fraction of sp³-hybridized carbons (Fsp3) is 0.314. The molecule has 0 radical (unpaired) electrons. The highest BCUT2D eigenvalue weighted by Crippen LogP contribution is 2.39. The first-order valence-electron chi connectivity index (χ1n) is 15.2. The molecule has 0 amide bonds. The lowest BCUT2D eigenvalue weighted by atomic mass is 9.73. The molecule has 0 unspecified atom stereocenters. The third kappa shape index (κ3) is 5.16. The molecule has 4 N–H and O–H groups in total. The Morgan fingerprint density at radius 1 is 0.953 bits per heavy atom. The summed E-state index contributed by atoms with van der Waals surface area (Å²) in [5.74, 6) is 1.90. The first kappa shape index (κ1) is 27.3. The van der Waals surface area contributed by atoms with Crippen LogP contribution in [0.1, 0.15) is 51.0 Å². The first-order chi connectivity index (χ1) is 20.9. The summed E-state index contributed by atoms with van der Waals surface area (Å²) in [7, 11) is 0. The Kier molecular flexibility index (Phi) is 6.94. The van der Waals surface area contributed by atoms with Gasteiger partial charge in [-0.15, -0.1) is 0 Å². The zero-order valence-electron chi connectivity index (χ0n) is 24.5. The second-order valence-electron chi connectivity index (χ2n) is 12.2. The van der Waals surface area contributed by atoms with Crippen molar-refractivity contribution in [3.63, 3.8) is 0 Å². The summed E-state index contributed by atoms with van der Waals surface area (Å²) in [4.78, 5) is 28.5. The van der Waals surface area contributed by atoms with Crippen LogP contribution in [0.15, 0.2) is 79.0 Å². The highest BCUT2D eigenvalue weighted by molar-refractivity contribution is 5.85. The molecule has 7 rings (SSSR count). The van der Waals surface area contributed by atoms with Gasteiger partial charge in [0.05, 0.1) is 11.3 Å². The largest absolute Gasteiger partial charge is 0.383 e. The third-order valence-electron chi connectivity index (χ3n) is 9.23. The summed E-state index contributed by atoms with van der Waals surface area (Å²) in [6, 6.07) is 24.9. The van der Waals surface area contributed by atoms with E-state index in [1.54, 1.807) is 13.1 Å². The fourth-order valence-electron chi connectivity index (χ4n) is 6.60. The summed E-state index contributed by atoms with van der Waals surface area (Å²) >= 11 is 0. The molecular weight excluding hydrogens is 534 g/mol. The number of ketones is 1. The van der Waals surface area contributed by atoms with Crippen molar-refractivity contribution in [3.05, 3.63) is 84.6 Å². The Labute approximate surface area is 251 Å². The van der Waals surface area contributed by atoms with Crippen LogP contribution in [0.4, 0.5) is 11.5 Å². The lowest BCUT2D eigenvalue weighted by Crippen LogP contribution is -2.43. The van der Waals surface area contributed by atoms with Gasteiger partial charge in [0, 0.05) is 48.2 Å². The van der Waals surface area contributed by atoms with Crippen molar-refractivity contribution in [2.75, 3.05) is 23.7 Å². The number of piperidine rings is 1. The van der Waals surface area contributed by atoms with E-state index in [9.17, 15) is 4.79 Å². The summed E-state index contributed by atoms with van der Waals surface area (Å²) in [5, 5.41) is 0. The van der Waals surface area contributed by atoms with E-state index in [1.165, 1.54) is 12.1 Å². The number of anilines is 2. The second kappa shape index (κ2) is 10.9. The molecule has 2 aliphatic rings. The molecule has 43 heavy (non-hydrogen) atoms. The van der Waals surface area contributed by atoms with E-state index in [4.69, 9.17) is 21.4 Å². The number of carbonyl (C=O) groups is 1. The van der Waals surface area contributed by atoms with E-state index in [2.05, 4.69) is 63.0 Å². The predicted octanol–water partition coefficient (Wildman–Crippen LogP) is 6.27. The number of nitrogens with two attached hydrogens (primary N) is 2. The lowest BCUT2D eigenvalue weighted by molar-refractivity contribution is -0.118. The van der Waals surface area contributed by atoms with Gasteiger partial charge in [0.25, 0.3) is 0 Å². The van der Waals surface area contributed by atoms with Crippen molar-refractivity contribution in [1.29, 1.82) is 0 Å². The van der Waals surface area contributed by atoms with Crippen molar-refractivity contribution >= 4 is 28.5 Å². The minimum atomic E-state index is -0.231. The Morgan fingerprint density at radius 3 is 2.44 bits per heavy atom. The lowest BCUT2D eigenvalue weighted by Gasteiger charge is -2.38. The number of Topliss-reactive ketones (excluding diaryl/α,β-unsaturated/α-hetero) is 1. The summed E-state index contributed by atoms with van der Waals surface area (Å²) < 4.78 is 2.07. The van der Waals surface area contributed by atoms with E-state index < -0.39 is 0 Å². The van der Waals surface area contributed by atoms with Gasteiger partial charge in [0.2, 0.25) is 0 Å². The summed E-state index contributed by atoms with van der Waals surface area (Å²) in [5.41, 5.74) is 20.2. The quantitative estimate of drug-likeness (QED) is 0.237. The van der Waals surface area contributed by atoms with Crippen LogP contribution in [0.2, 0.25) is 0 Å². The van der Waals surface area contributed by atoms with Gasteiger partial charge < -0.3 is 21.2 Å². The minimum absolute atomic E-state index is 0.231. The molecule has 8 heteroatoms. The Hall–Kier alpha value is -4.56. The second-order valence-corrected chi connectivity index (χ2v) is 12.2. The molecule has 1 aliphatic heterocycles. The molecule has 1 saturated carbocycles. The van der Waals surface area contributed by atoms with Gasteiger partial charge in [-0.05, 0) is 99.0 Å². The molecule has 4 heterocycles. The number of hydrogen-bond acceptors (Lipinski definition) is 7. The van der Waals surface area contributed by atoms with Crippen LogP contribution < -0.4 is 16.4 Å². The van der Waals surface area contributed by atoms with Crippen LogP contribution in [0.5, 0.6) is 0 Å². The molecule has 1 saturated heterocycles. The van der Waals surface area contributed by atoms with Crippen LogP contribution in [0.3, 0.4) is 0 Å². The van der Waals surface area contributed by atoms with Crippen molar-refractivity contribution in [3.8, 4) is 28.3 Å². The number of benzene rings is 2. The molecule has 2 aromatic carbocycles. The highest BCUT2D eigenvalue weighted by atomic mass is 16.1. The topological polar surface area (TPSA) is 116 Å². The number of rotatable bonds is 7. The Morgan fingerprint density at radius 2 is 1.74 bits per heavy atom. The highest BCUT2D eigenvalue weighted by Gasteiger charge is 2.34. The number of aromatic nitrogens is 4. The number of hydrogen-bond donors (Lipinski definition) is 2. The van der Waals surface area contributed by atoms with E-state index in [-0.39, 0.29) is 11.3 Å². The zero-order chi connectivity index (χ0) is 29.6. The minimum Gasteiger partial charge on any atom is -0.383 e. The molecule has 0 atom stereocenters. The Bertz CT molecular complexity index is 1800. The van der Waals surface area contributed by atoms with Gasteiger partial charge >= 0.3 is 0 Å². The number of nitrogens with zero attached hydrogens (tertiary/aromatic N) is 5. The van der Waals surface area contributed by atoms with Crippen LogP contribution >= 0.6 is 0 Å². The molecule has 5 aromatic rings. The number of fused-ring (bicyclic) bond motifs is 1. The van der Waals surface area contributed by atoms with Crippen molar-refractivity contribution in [1.82, 2.24) is 19.5 Å². The average molecular weight is 572 g/mol. The van der Waals surface area contributed by atoms with Crippen molar-refractivity contribution < 1.29 is 4.79 Å².